The molecule has 0 spiro atoms. The van der Waals surface area contributed by atoms with Gasteiger partial charge in [-0.2, -0.15) is 0 Å². The zero-order chi connectivity index (χ0) is 18.0. The van der Waals surface area contributed by atoms with Gasteiger partial charge >= 0.3 is 12.1 Å². The maximum atomic E-state index is 12.3. The summed E-state index contributed by atoms with van der Waals surface area (Å²) in [5, 5.41) is 5.14. The first-order valence-electron chi connectivity index (χ1n) is 8.13. The van der Waals surface area contributed by atoms with Gasteiger partial charge in [0.1, 0.15) is 12.1 Å². The van der Waals surface area contributed by atoms with E-state index in [0.717, 1.165) is 0 Å². The van der Waals surface area contributed by atoms with Crippen LogP contribution in [0.3, 0.4) is 0 Å². The number of hydrogen-bond donors (Lipinski definition) is 2. The molecule has 0 aromatic rings. The number of hydrogen-bond acceptors (Lipinski definition) is 5. The summed E-state index contributed by atoms with van der Waals surface area (Å²) in [5.74, 6) is -0.830. The number of amides is 2. The fourth-order valence-electron chi connectivity index (χ4n) is 1.74. The van der Waals surface area contributed by atoms with Crippen LogP contribution < -0.4 is 10.6 Å². The first-order chi connectivity index (χ1) is 10.7. The molecule has 0 aliphatic carbocycles. The summed E-state index contributed by atoms with van der Waals surface area (Å²) < 4.78 is 9.90. The lowest BCUT2D eigenvalue weighted by Gasteiger charge is -2.24. The molecule has 7 nitrogen and oxygen atoms in total. The van der Waals surface area contributed by atoms with Crippen molar-refractivity contribution in [3.63, 3.8) is 0 Å². The third-order valence-corrected chi connectivity index (χ3v) is 3.32. The Kier molecular flexibility index (Phi) is 10.0. The molecule has 0 rings (SSSR count). The Morgan fingerprint density at radius 3 is 2.04 bits per heavy atom. The summed E-state index contributed by atoms with van der Waals surface area (Å²) in [6, 6.07) is -1.54. The molecule has 0 aliphatic heterocycles. The van der Waals surface area contributed by atoms with E-state index in [1.54, 1.807) is 13.8 Å². The smallest absolute Gasteiger partial charge is 0.407 e. The second-order valence-electron chi connectivity index (χ2n) is 5.98. The van der Waals surface area contributed by atoms with E-state index in [-0.39, 0.29) is 25.0 Å². The molecule has 7 heteroatoms. The van der Waals surface area contributed by atoms with E-state index in [1.165, 1.54) is 0 Å². The molecule has 0 fully saturated rings. The van der Waals surface area contributed by atoms with Crippen LogP contribution in [-0.4, -0.2) is 43.3 Å². The number of alkyl carbamates (subject to hydrolysis) is 1. The number of ether oxygens (including phenoxy) is 2. The van der Waals surface area contributed by atoms with Gasteiger partial charge in [0, 0.05) is 0 Å². The van der Waals surface area contributed by atoms with Crippen molar-refractivity contribution < 1.29 is 23.9 Å². The molecule has 0 aliphatic rings. The van der Waals surface area contributed by atoms with Gasteiger partial charge in [0.2, 0.25) is 5.91 Å². The first kappa shape index (κ1) is 21.2. The van der Waals surface area contributed by atoms with Crippen LogP contribution in [0.1, 0.15) is 48.0 Å². The van der Waals surface area contributed by atoms with Crippen LogP contribution >= 0.6 is 0 Å². The van der Waals surface area contributed by atoms with Gasteiger partial charge in [0.25, 0.3) is 0 Å². The Morgan fingerprint density at radius 1 is 0.957 bits per heavy atom. The molecular weight excluding hydrogens is 300 g/mol. The zero-order valence-corrected chi connectivity index (χ0v) is 15.0. The van der Waals surface area contributed by atoms with Crippen molar-refractivity contribution in [2.75, 3.05) is 13.2 Å². The lowest BCUT2D eigenvalue weighted by atomic mass is 9.98. The van der Waals surface area contributed by atoms with Crippen LogP contribution in [0.4, 0.5) is 4.79 Å². The summed E-state index contributed by atoms with van der Waals surface area (Å²) >= 11 is 0. The Balaban J connectivity index is 4.73. The topological polar surface area (TPSA) is 93.7 Å². The third kappa shape index (κ3) is 8.42. The van der Waals surface area contributed by atoms with Crippen molar-refractivity contribution in [3.05, 3.63) is 0 Å². The molecule has 0 radical (unpaired) electrons. The van der Waals surface area contributed by atoms with Crippen molar-refractivity contribution in [2.24, 2.45) is 11.8 Å². The number of esters is 1. The number of carbonyl (C=O) groups is 3. The molecule has 0 saturated carbocycles. The second kappa shape index (κ2) is 10.9. The largest absolute Gasteiger partial charge is 0.464 e. The Labute approximate surface area is 138 Å². The lowest BCUT2D eigenvalue weighted by molar-refractivity contribution is -0.147. The predicted molar refractivity (Wildman–Crippen MR) is 86.8 cm³/mol. The van der Waals surface area contributed by atoms with Crippen molar-refractivity contribution in [3.8, 4) is 0 Å². The maximum absolute atomic E-state index is 12.3. The molecule has 3 atom stereocenters. The van der Waals surface area contributed by atoms with Crippen LogP contribution in [0, 0.1) is 11.8 Å². The van der Waals surface area contributed by atoms with Gasteiger partial charge in [0.05, 0.1) is 13.2 Å². The third-order valence-electron chi connectivity index (χ3n) is 3.32. The first-order valence-corrected chi connectivity index (χ1v) is 8.13. The van der Waals surface area contributed by atoms with Crippen molar-refractivity contribution >= 4 is 18.0 Å². The quantitative estimate of drug-likeness (QED) is 0.629. The standard InChI is InChI=1S/C16H30N2O5/c1-7-11(5)13(18-16(21)23-9-10(3)4)14(19)17-12(6)15(20)22-8-2/h10-13H,7-9H2,1-6H3,(H,17,19)(H,18,21). The van der Waals surface area contributed by atoms with Crippen LogP contribution in [0.25, 0.3) is 0 Å². The minimum Gasteiger partial charge on any atom is -0.464 e. The second-order valence-corrected chi connectivity index (χ2v) is 5.98. The lowest BCUT2D eigenvalue weighted by Crippen LogP contribution is -2.53. The van der Waals surface area contributed by atoms with Gasteiger partial charge in [-0.15, -0.1) is 0 Å². The van der Waals surface area contributed by atoms with E-state index in [9.17, 15) is 14.4 Å². The van der Waals surface area contributed by atoms with Gasteiger partial charge in [-0.3, -0.25) is 4.79 Å². The van der Waals surface area contributed by atoms with E-state index >= 15 is 0 Å². The Hall–Kier alpha value is -1.79. The molecule has 0 aromatic heterocycles. The average Bonchev–Trinajstić information content (AvgIpc) is 2.49. The highest BCUT2D eigenvalue weighted by Crippen LogP contribution is 2.09. The molecule has 2 N–H and O–H groups in total. The fourth-order valence-corrected chi connectivity index (χ4v) is 1.74. The zero-order valence-electron chi connectivity index (χ0n) is 15.0. The minimum atomic E-state index is -0.775. The van der Waals surface area contributed by atoms with Crippen molar-refractivity contribution in [1.29, 1.82) is 0 Å². The molecule has 0 aromatic carbocycles. The molecular formula is C16H30N2O5. The molecule has 23 heavy (non-hydrogen) atoms. The van der Waals surface area contributed by atoms with Crippen molar-refractivity contribution in [1.82, 2.24) is 10.6 Å². The molecule has 0 bridgehead atoms. The van der Waals surface area contributed by atoms with E-state index in [1.807, 2.05) is 27.7 Å². The highest BCUT2D eigenvalue weighted by Gasteiger charge is 2.29. The molecule has 134 valence electrons. The number of carbonyl (C=O) groups excluding carboxylic acids is 3. The summed E-state index contributed by atoms with van der Waals surface area (Å²) in [6.45, 7) is 11.4. The molecule has 2 amide bonds. The van der Waals surface area contributed by atoms with Gasteiger partial charge in [-0.05, 0) is 25.7 Å². The van der Waals surface area contributed by atoms with E-state index in [0.29, 0.717) is 6.42 Å². The van der Waals surface area contributed by atoms with Gasteiger partial charge < -0.3 is 20.1 Å². The Bertz CT molecular complexity index is 398. The summed E-state index contributed by atoms with van der Waals surface area (Å²) in [7, 11) is 0. The monoisotopic (exact) mass is 330 g/mol. The average molecular weight is 330 g/mol. The maximum Gasteiger partial charge on any atom is 0.407 e. The normalized spacial score (nSPS) is 14.6. The molecule has 0 heterocycles. The van der Waals surface area contributed by atoms with Gasteiger partial charge in [0.15, 0.2) is 0 Å². The van der Waals surface area contributed by atoms with Gasteiger partial charge in [-0.1, -0.05) is 34.1 Å². The number of nitrogens with one attached hydrogen (secondary N) is 2. The SMILES string of the molecule is CCOC(=O)C(C)NC(=O)C(NC(=O)OCC(C)C)C(C)CC. The molecule has 3 unspecified atom stereocenters. The van der Waals surface area contributed by atoms with E-state index in [2.05, 4.69) is 10.6 Å². The molecule has 0 saturated heterocycles. The summed E-state index contributed by atoms with van der Waals surface area (Å²) in [6.07, 6.45) is 0.0546. The van der Waals surface area contributed by atoms with Crippen LogP contribution in [0.2, 0.25) is 0 Å². The van der Waals surface area contributed by atoms with Crippen LogP contribution in [-0.2, 0) is 19.1 Å². The van der Waals surface area contributed by atoms with Crippen LogP contribution in [0.5, 0.6) is 0 Å². The highest BCUT2D eigenvalue weighted by molar-refractivity contribution is 5.89. The van der Waals surface area contributed by atoms with E-state index in [4.69, 9.17) is 9.47 Å². The highest BCUT2D eigenvalue weighted by atomic mass is 16.5. The minimum absolute atomic E-state index is 0.101. The predicted octanol–water partition coefficient (Wildman–Crippen LogP) is 1.85. The van der Waals surface area contributed by atoms with Gasteiger partial charge in [-0.25, -0.2) is 9.59 Å². The summed E-state index contributed by atoms with van der Waals surface area (Å²) in [4.78, 5) is 35.7. The summed E-state index contributed by atoms with van der Waals surface area (Å²) in [5.41, 5.74) is 0. The fraction of sp³-hybridized carbons (Fsp3) is 0.812. The van der Waals surface area contributed by atoms with E-state index < -0.39 is 30.1 Å². The Morgan fingerprint density at radius 2 is 1.57 bits per heavy atom. The van der Waals surface area contributed by atoms with Crippen LogP contribution in [0.15, 0.2) is 0 Å². The van der Waals surface area contributed by atoms with Crippen molar-refractivity contribution in [2.45, 2.75) is 60.0 Å². The number of rotatable bonds is 9.